The Kier molecular flexibility index (Phi) is 18.8. The summed E-state index contributed by atoms with van der Waals surface area (Å²) in [6.07, 6.45) is 7.27. The molecule has 8 rings (SSSR count). The molecule has 71 heavy (non-hydrogen) atoms. The minimum atomic E-state index is -3.56. The highest BCUT2D eigenvalue weighted by molar-refractivity contribution is 7.54. The molecule has 2 atom stereocenters. The van der Waals surface area contributed by atoms with Crippen LogP contribution in [0.1, 0.15) is 37.8 Å². The number of likely N-dealkylation sites (N-methyl/N-ethyl adjacent to an activating group) is 1. The molecule has 16 nitrogen and oxygen atoms in total. The van der Waals surface area contributed by atoms with Crippen molar-refractivity contribution in [3.63, 3.8) is 0 Å². The number of ether oxygens (including phenoxy) is 4. The molecular formula is C50H54Cl2F2N7O9P. The lowest BCUT2D eigenvalue weighted by molar-refractivity contribution is -0.116. The molecule has 2 N–H and O–H groups in total. The molecule has 0 saturated carbocycles. The van der Waals surface area contributed by atoms with Crippen LogP contribution in [0, 0.1) is 11.6 Å². The second-order valence-electron chi connectivity index (χ2n) is 16.7. The largest absolute Gasteiger partial charge is 0.488 e. The first kappa shape index (κ1) is 53.1. The van der Waals surface area contributed by atoms with Crippen LogP contribution in [0.4, 0.5) is 31.8 Å². The molecule has 2 fully saturated rings. The number of nitrogens with one attached hydrogen (secondary N) is 2. The van der Waals surface area contributed by atoms with E-state index in [1.807, 2.05) is 37.2 Å². The molecule has 2 unspecified atom stereocenters. The second-order valence-corrected chi connectivity index (χ2v) is 19.6. The molecule has 0 amide bonds. The standard InChI is InChI=1S/C25H26ClFN4O3.C25H28ClFN3O6P/c1-31(2)8-3-4-18(32)10-16-11-20-23(13-24(16)34-19-7-9-33-14-19)28-15-29-25(20)30-17-5-6-22(27)21(26)12-17;1-3-34-37(32,35-4-2)14-18(31)9-16-10-20-23(12-24(16)36-19-7-8-33-13-19)28-15-29-25(20)30-17-5-6-22(27)21(26)11-17/h3-6,11-13,15,19H,7-10,14H2,1-2H3,(H,28,29,30);5-6,10-12,15,19H,3-4,7-9,13-14H2,1-2H3,(H,28,29,30)/b4-3+;. The molecule has 6 aromatic rings. The van der Waals surface area contributed by atoms with E-state index < -0.39 is 19.2 Å². The molecule has 0 aliphatic carbocycles. The van der Waals surface area contributed by atoms with Crippen molar-refractivity contribution in [3.05, 3.63) is 118 Å². The van der Waals surface area contributed by atoms with Gasteiger partial charge in [-0.15, -0.1) is 0 Å². The van der Waals surface area contributed by atoms with Crippen LogP contribution in [-0.2, 0) is 45.5 Å². The summed E-state index contributed by atoms with van der Waals surface area (Å²) >= 11 is 11.8. The number of carbonyl (C=O) groups is 2. The highest BCUT2D eigenvalue weighted by atomic mass is 35.5. The molecule has 376 valence electrons. The molecule has 2 saturated heterocycles. The fourth-order valence-electron chi connectivity index (χ4n) is 7.59. The van der Waals surface area contributed by atoms with Crippen molar-refractivity contribution in [1.29, 1.82) is 0 Å². The number of ketones is 2. The quantitative estimate of drug-likeness (QED) is 0.0512. The molecule has 4 aromatic carbocycles. The predicted molar refractivity (Wildman–Crippen MR) is 269 cm³/mol. The predicted octanol–water partition coefficient (Wildman–Crippen LogP) is 10.3. The van der Waals surface area contributed by atoms with Gasteiger partial charge in [0.2, 0.25) is 0 Å². The molecule has 4 heterocycles. The van der Waals surface area contributed by atoms with Gasteiger partial charge in [-0.3, -0.25) is 14.2 Å². The number of halogens is 4. The van der Waals surface area contributed by atoms with E-state index in [9.17, 15) is 22.9 Å². The maximum absolute atomic E-state index is 13.6. The highest BCUT2D eigenvalue weighted by Crippen LogP contribution is 2.48. The average molecular weight is 1040 g/mol. The summed E-state index contributed by atoms with van der Waals surface area (Å²) in [5.74, 6) is 0.640. The number of carbonyl (C=O) groups excluding carboxylic acids is 2. The van der Waals surface area contributed by atoms with Crippen molar-refractivity contribution in [3.8, 4) is 11.5 Å². The number of Topliss-reactive ketones (excluding diaryl/α,β-unsaturated/α-hetero) is 1. The van der Waals surface area contributed by atoms with Crippen molar-refractivity contribution < 1.29 is 50.9 Å². The highest BCUT2D eigenvalue weighted by Gasteiger charge is 2.29. The third-order valence-electron chi connectivity index (χ3n) is 10.9. The first-order valence-electron chi connectivity index (χ1n) is 22.9. The number of rotatable bonds is 21. The number of nitrogens with zero attached hydrogens (tertiary/aromatic N) is 5. The van der Waals surface area contributed by atoms with E-state index in [4.69, 9.17) is 51.2 Å². The Morgan fingerprint density at radius 1 is 0.746 bits per heavy atom. The fourth-order valence-corrected chi connectivity index (χ4v) is 9.54. The summed E-state index contributed by atoms with van der Waals surface area (Å²) in [6.45, 7) is 6.58. The second kappa shape index (κ2) is 25.1. The Morgan fingerprint density at radius 2 is 1.24 bits per heavy atom. The monoisotopic (exact) mass is 1040 g/mol. The van der Waals surface area contributed by atoms with Crippen LogP contribution in [0.2, 0.25) is 10.0 Å². The fraction of sp³-hybridized carbons (Fsp3) is 0.360. The molecular weight excluding hydrogens is 982 g/mol. The zero-order valence-corrected chi connectivity index (χ0v) is 42.0. The number of hydrogen-bond acceptors (Lipinski definition) is 16. The summed E-state index contributed by atoms with van der Waals surface area (Å²) in [4.78, 5) is 45.1. The number of allylic oxidation sites excluding steroid dienone is 1. The molecule has 21 heteroatoms. The van der Waals surface area contributed by atoms with Crippen molar-refractivity contribution in [1.82, 2.24) is 24.8 Å². The smallest absolute Gasteiger partial charge is 0.338 e. The van der Waals surface area contributed by atoms with E-state index in [0.29, 0.717) is 94.9 Å². The number of aromatic nitrogens is 4. The third kappa shape index (κ3) is 14.9. The minimum Gasteiger partial charge on any atom is -0.488 e. The Labute approximate surface area is 419 Å². The van der Waals surface area contributed by atoms with Crippen molar-refractivity contribution in [2.45, 2.75) is 51.7 Å². The first-order valence-corrected chi connectivity index (χ1v) is 25.4. The van der Waals surface area contributed by atoms with Gasteiger partial charge in [0.15, 0.2) is 5.78 Å². The van der Waals surface area contributed by atoms with Gasteiger partial charge in [-0.1, -0.05) is 29.3 Å². The Bertz CT molecular complexity index is 2910. The van der Waals surface area contributed by atoms with E-state index in [2.05, 4.69) is 30.6 Å². The van der Waals surface area contributed by atoms with Gasteiger partial charge >= 0.3 is 7.60 Å². The Balaban J connectivity index is 0.000000209. The molecule has 0 spiro atoms. The van der Waals surface area contributed by atoms with Gasteiger partial charge in [-0.25, -0.2) is 28.7 Å². The van der Waals surface area contributed by atoms with Crippen LogP contribution in [0.15, 0.2) is 85.5 Å². The Hall–Kier alpha value is -5.69. The van der Waals surface area contributed by atoms with E-state index >= 15 is 0 Å². The van der Waals surface area contributed by atoms with E-state index in [-0.39, 0.29) is 66.0 Å². The van der Waals surface area contributed by atoms with Gasteiger partial charge in [-0.2, -0.15) is 0 Å². The molecule has 2 aliphatic heterocycles. The van der Waals surface area contributed by atoms with Gasteiger partial charge in [-0.05, 0) is 82.5 Å². The zero-order chi connectivity index (χ0) is 50.5. The number of anilines is 4. The van der Waals surface area contributed by atoms with Gasteiger partial charge in [0.1, 0.15) is 71.6 Å². The molecule has 2 aliphatic rings. The average Bonchev–Trinajstić information content (AvgIpc) is 4.05. The lowest BCUT2D eigenvalue weighted by Crippen LogP contribution is -2.18. The first-order chi connectivity index (χ1) is 34.2. The number of fused-ring (bicyclic) bond motifs is 2. The van der Waals surface area contributed by atoms with Crippen LogP contribution < -0.4 is 20.1 Å². The lowest BCUT2D eigenvalue weighted by Gasteiger charge is -2.19. The Morgan fingerprint density at radius 3 is 1.68 bits per heavy atom. The SMILES string of the molecule is CCOP(=O)(CC(=O)Cc1cc2c(Nc3ccc(F)c(Cl)c3)ncnc2cc1OC1CCOC1)OCC.CN(C)C/C=C/C(=O)Cc1cc2c(Nc3ccc(F)c(Cl)c3)ncnc2cc1OC1CCOC1. The van der Waals surface area contributed by atoms with E-state index in [1.165, 1.54) is 43.0 Å². The van der Waals surface area contributed by atoms with E-state index in [1.54, 1.807) is 38.1 Å². The molecule has 2 aromatic heterocycles. The van der Waals surface area contributed by atoms with Crippen molar-refractivity contribution in [2.24, 2.45) is 0 Å². The third-order valence-corrected chi connectivity index (χ3v) is 13.5. The summed E-state index contributed by atoms with van der Waals surface area (Å²) in [5.41, 5.74) is 3.64. The van der Waals surface area contributed by atoms with E-state index in [0.717, 1.165) is 18.4 Å². The summed E-state index contributed by atoms with van der Waals surface area (Å²) in [5, 5.41) is 7.59. The normalized spacial score (nSPS) is 15.8. The van der Waals surface area contributed by atoms with Gasteiger partial charge in [0.25, 0.3) is 0 Å². The van der Waals surface area contributed by atoms with Gasteiger partial charge in [0, 0.05) is 77.6 Å². The lowest BCUT2D eigenvalue weighted by atomic mass is 10.0. The summed E-state index contributed by atoms with van der Waals surface area (Å²) in [7, 11) is 0.323. The van der Waals surface area contributed by atoms with Crippen LogP contribution in [0.3, 0.4) is 0 Å². The van der Waals surface area contributed by atoms with Crippen LogP contribution in [0.25, 0.3) is 21.8 Å². The molecule has 0 radical (unpaired) electrons. The van der Waals surface area contributed by atoms with Crippen LogP contribution in [-0.4, -0.2) is 115 Å². The van der Waals surface area contributed by atoms with Crippen molar-refractivity contribution >= 4 is 87.2 Å². The zero-order valence-electron chi connectivity index (χ0n) is 39.6. The van der Waals surface area contributed by atoms with Gasteiger partial charge < -0.3 is 43.5 Å². The van der Waals surface area contributed by atoms with Gasteiger partial charge in [0.05, 0.1) is 60.7 Å². The van der Waals surface area contributed by atoms with Crippen LogP contribution >= 0.6 is 30.8 Å². The summed E-state index contributed by atoms with van der Waals surface area (Å²) in [6, 6.07) is 15.8. The number of benzene rings is 4. The van der Waals surface area contributed by atoms with Crippen molar-refractivity contribution in [2.75, 3.05) is 77.1 Å². The summed E-state index contributed by atoms with van der Waals surface area (Å²) < 4.78 is 73.9. The molecule has 0 bridgehead atoms. The number of hydrogen-bond donors (Lipinski definition) is 2. The van der Waals surface area contributed by atoms with Crippen LogP contribution in [0.5, 0.6) is 11.5 Å². The minimum absolute atomic E-state index is 0.00799. The topological polar surface area (TPSA) is 185 Å². The maximum Gasteiger partial charge on any atom is 0.338 e. The maximum atomic E-state index is 13.6.